The van der Waals surface area contributed by atoms with Crippen molar-refractivity contribution in [1.29, 1.82) is 0 Å². The van der Waals surface area contributed by atoms with Gasteiger partial charge in [0.1, 0.15) is 0 Å². The van der Waals surface area contributed by atoms with Gasteiger partial charge in [-0.25, -0.2) is 9.50 Å². The van der Waals surface area contributed by atoms with Crippen molar-refractivity contribution in [2.45, 2.75) is 26.4 Å². The highest BCUT2D eigenvalue weighted by Gasteiger charge is 2.29. The summed E-state index contributed by atoms with van der Waals surface area (Å²) < 4.78 is 6.89. The van der Waals surface area contributed by atoms with Crippen molar-refractivity contribution in [2.75, 3.05) is 19.7 Å². The average molecular weight is 319 g/mol. The third kappa shape index (κ3) is 3.14. The van der Waals surface area contributed by atoms with Gasteiger partial charge in [-0.1, -0.05) is 0 Å². The first-order valence-corrected chi connectivity index (χ1v) is 7.27. The first kappa shape index (κ1) is 15.3. The number of amides is 1. The van der Waals surface area contributed by atoms with Crippen LogP contribution in [0.25, 0.3) is 5.78 Å². The maximum absolute atomic E-state index is 12.6. The molecule has 1 amide bonds. The number of aliphatic carboxylic acids is 1. The van der Waals surface area contributed by atoms with Crippen LogP contribution in [0.2, 0.25) is 0 Å². The first-order valence-electron chi connectivity index (χ1n) is 7.27. The van der Waals surface area contributed by atoms with E-state index in [2.05, 4.69) is 15.1 Å². The molecule has 0 bridgehead atoms. The van der Waals surface area contributed by atoms with Crippen molar-refractivity contribution in [1.82, 2.24) is 24.5 Å². The lowest BCUT2D eigenvalue weighted by molar-refractivity contribution is -0.141. The van der Waals surface area contributed by atoms with Gasteiger partial charge in [0.15, 0.2) is 0 Å². The molecule has 23 heavy (non-hydrogen) atoms. The lowest BCUT2D eigenvalue weighted by Crippen LogP contribution is -2.46. The van der Waals surface area contributed by atoms with Crippen LogP contribution in [0, 0.1) is 13.8 Å². The van der Waals surface area contributed by atoms with Crippen molar-refractivity contribution in [3.63, 3.8) is 0 Å². The van der Waals surface area contributed by atoms with Gasteiger partial charge in [-0.15, -0.1) is 5.10 Å². The second kappa shape index (κ2) is 5.92. The molecule has 9 heteroatoms. The van der Waals surface area contributed by atoms with Crippen molar-refractivity contribution in [3.8, 4) is 0 Å². The van der Waals surface area contributed by atoms with Crippen LogP contribution in [-0.4, -0.2) is 67.3 Å². The van der Waals surface area contributed by atoms with Crippen molar-refractivity contribution >= 4 is 17.7 Å². The van der Waals surface area contributed by atoms with E-state index in [4.69, 9.17) is 9.84 Å². The SMILES string of the molecule is Cc1cc(C)n2nc(C(=O)N3CCOC(CC(=O)O)C3)nc2n1. The minimum absolute atomic E-state index is 0.0576. The first-order chi connectivity index (χ1) is 10.9. The molecule has 1 unspecified atom stereocenters. The molecule has 0 radical (unpaired) electrons. The van der Waals surface area contributed by atoms with E-state index in [1.54, 1.807) is 0 Å². The standard InChI is InChI=1S/C14H17N5O4/c1-8-5-9(2)19-14(15-8)16-12(17-19)13(22)18-3-4-23-10(7-18)6-11(20)21/h5,10H,3-4,6-7H2,1-2H3,(H,20,21). The molecule has 3 heterocycles. The van der Waals surface area contributed by atoms with Crippen molar-refractivity contribution in [3.05, 3.63) is 23.3 Å². The number of ether oxygens (including phenoxy) is 1. The molecule has 0 saturated carbocycles. The number of hydrogen-bond acceptors (Lipinski definition) is 6. The molecule has 2 aromatic heterocycles. The number of hydrogen-bond donors (Lipinski definition) is 1. The minimum atomic E-state index is -0.953. The number of nitrogens with zero attached hydrogens (tertiary/aromatic N) is 5. The molecule has 1 N–H and O–H groups in total. The van der Waals surface area contributed by atoms with Crippen LogP contribution in [0.3, 0.4) is 0 Å². The highest BCUT2D eigenvalue weighted by atomic mass is 16.5. The smallest absolute Gasteiger partial charge is 0.306 e. The largest absolute Gasteiger partial charge is 0.481 e. The number of aryl methyl sites for hydroxylation is 2. The van der Waals surface area contributed by atoms with Crippen LogP contribution >= 0.6 is 0 Å². The zero-order chi connectivity index (χ0) is 16.6. The Morgan fingerprint density at radius 3 is 2.91 bits per heavy atom. The second-order valence-corrected chi connectivity index (χ2v) is 5.53. The van der Waals surface area contributed by atoms with E-state index in [0.717, 1.165) is 11.4 Å². The van der Waals surface area contributed by atoms with Gasteiger partial charge in [0.2, 0.25) is 5.82 Å². The number of fused-ring (bicyclic) bond motifs is 1. The van der Waals surface area contributed by atoms with Gasteiger partial charge in [-0.3, -0.25) is 9.59 Å². The molecule has 1 atom stereocenters. The Kier molecular flexibility index (Phi) is 3.95. The molecule has 9 nitrogen and oxygen atoms in total. The molecule has 1 aliphatic rings. The normalized spacial score (nSPS) is 18.3. The molecule has 122 valence electrons. The van der Waals surface area contributed by atoms with Crippen LogP contribution in [-0.2, 0) is 9.53 Å². The molecule has 0 aromatic carbocycles. The lowest BCUT2D eigenvalue weighted by Gasteiger charge is -2.31. The summed E-state index contributed by atoms with van der Waals surface area (Å²) in [5.74, 6) is -0.861. The molecule has 0 spiro atoms. The summed E-state index contributed by atoms with van der Waals surface area (Å²) in [5.41, 5.74) is 1.64. The molecule has 1 aliphatic heterocycles. The summed E-state index contributed by atoms with van der Waals surface area (Å²) in [6.45, 7) is 4.61. The number of carbonyl (C=O) groups excluding carboxylic acids is 1. The molecular formula is C14H17N5O4. The highest BCUT2D eigenvalue weighted by Crippen LogP contribution is 2.12. The van der Waals surface area contributed by atoms with Crippen molar-refractivity contribution < 1.29 is 19.4 Å². The Morgan fingerprint density at radius 2 is 2.17 bits per heavy atom. The molecule has 3 rings (SSSR count). The summed E-state index contributed by atoms with van der Waals surface area (Å²) >= 11 is 0. The highest BCUT2D eigenvalue weighted by molar-refractivity contribution is 5.91. The summed E-state index contributed by atoms with van der Waals surface area (Å²) in [5, 5.41) is 13.0. The third-order valence-electron chi connectivity index (χ3n) is 3.64. The lowest BCUT2D eigenvalue weighted by atomic mass is 10.2. The quantitative estimate of drug-likeness (QED) is 0.851. The van der Waals surface area contributed by atoms with E-state index in [9.17, 15) is 9.59 Å². The van der Waals surface area contributed by atoms with Gasteiger partial charge < -0.3 is 14.7 Å². The topological polar surface area (TPSA) is 110 Å². The zero-order valence-electron chi connectivity index (χ0n) is 12.9. The number of rotatable bonds is 3. The van der Waals surface area contributed by atoms with Crippen LogP contribution in [0.5, 0.6) is 0 Å². The second-order valence-electron chi connectivity index (χ2n) is 5.53. The van der Waals surface area contributed by atoms with E-state index in [-0.39, 0.29) is 24.7 Å². The maximum atomic E-state index is 12.6. The Morgan fingerprint density at radius 1 is 1.39 bits per heavy atom. The van der Waals surface area contributed by atoms with E-state index >= 15 is 0 Å². The minimum Gasteiger partial charge on any atom is -0.481 e. The number of carbonyl (C=O) groups is 2. The average Bonchev–Trinajstić information content (AvgIpc) is 2.90. The molecule has 1 fully saturated rings. The molecule has 0 aliphatic carbocycles. The number of aromatic nitrogens is 4. The fourth-order valence-electron chi connectivity index (χ4n) is 2.62. The zero-order valence-corrected chi connectivity index (χ0v) is 12.9. The summed E-state index contributed by atoms with van der Waals surface area (Å²) in [6.07, 6.45) is -0.647. The number of morpholine rings is 1. The number of carboxylic acid groups (broad SMARTS) is 1. The summed E-state index contributed by atoms with van der Waals surface area (Å²) in [6, 6.07) is 1.85. The van der Waals surface area contributed by atoms with Crippen LogP contribution in [0.4, 0.5) is 0 Å². The fourth-order valence-corrected chi connectivity index (χ4v) is 2.62. The molecule has 1 saturated heterocycles. The van der Waals surface area contributed by atoms with Crippen LogP contribution in [0.15, 0.2) is 6.07 Å². The van der Waals surface area contributed by atoms with Gasteiger partial charge in [0.25, 0.3) is 11.7 Å². The van der Waals surface area contributed by atoms with Gasteiger partial charge in [0, 0.05) is 24.5 Å². The maximum Gasteiger partial charge on any atom is 0.306 e. The summed E-state index contributed by atoms with van der Waals surface area (Å²) in [4.78, 5) is 33.3. The van der Waals surface area contributed by atoms with Gasteiger partial charge >= 0.3 is 5.97 Å². The fraction of sp³-hybridized carbons (Fsp3) is 0.500. The van der Waals surface area contributed by atoms with Gasteiger partial charge in [0.05, 0.1) is 19.1 Å². The predicted molar refractivity (Wildman–Crippen MR) is 78.2 cm³/mol. The number of carboxylic acids is 1. The van der Waals surface area contributed by atoms with Crippen molar-refractivity contribution in [2.24, 2.45) is 0 Å². The molecule has 2 aromatic rings. The monoisotopic (exact) mass is 319 g/mol. The summed E-state index contributed by atoms with van der Waals surface area (Å²) in [7, 11) is 0. The predicted octanol–water partition coefficient (Wildman–Crippen LogP) is 0.0568. The Labute approximate surface area is 131 Å². The Bertz CT molecular complexity index is 772. The van der Waals surface area contributed by atoms with E-state index in [1.807, 2.05) is 19.9 Å². The van der Waals surface area contributed by atoms with Gasteiger partial charge in [-0.05, 0) is 19.9 Å². The van der Waals surface area contributed by atoms with E-state index in [1.165, 1.54) is 9.42 Å². The third-order valence-corrected chi connectivity index (χ3v) is 3.64. The van der Waals surface area contributed by atoms with Crippen LogP contribution < -0.4 is 0 Å². The van der Waals surface area contributed by atoms with Gasteiger partial charge in [-0.2, -0.15) is 4.98 Å². The van der Waals surface area contributed by atoms with Crippen LogP contribution in [0.1, 0.15) is 28.4 Å². The van der Waals surface area contributed by atoms with E-state index in [0.29, 0.717) is 18.9 Å². The molecular weight excluding hydrogens is 302 g/mol. The Hall–Kier alpha value is -2.55. The Balaban J connectivity index is 1.82. The van der Waals surface area contributed by atoms with E-state index < -0.39 is 12.1 Å².